The number of amides is 1. The average Bonchev–Trinajstić information content (AvgIpc) is 2.93. The molecule has 0 bridgehead atoms. The largest absolute Gasteiger partial charge is 0.481 e. The Kier molecular flexibility index (Phi) is 6.18. The number of carbonyl (C=O) groups excluding carboxylic acids is 1. The molecule has 0 aliphatic heterocycles. The number of rotatable bonds is 8. The Bertz CT molecular complexity index is 791. The number of benzene rings is 1. The summed E-state index contributed by atoms with van der Waals surface area (Å²) in [4.78, 5) is 24.1. The summed E-state index contributed by atoms with van der Waals surface area (Å²) in [6.45, 7) is 8.32. The summed E-state index contributed by atoms with van der Waals surface area (Å²) in [7, 11) is 0. The van der Waals surface area contributed by atoms with Crippen molar-refractivity contribution in [3.05, 3.63) is 52.8 Å². The molecular formula is C20H27N3O3. The number of hydrogen-bond donors (Lipinski definition) is 2. The minimum Gasteiger partial charge on any atom is -0.481 e. The molecule has 2 rings (SSSR count). The molecule has 0 fully saturated rings. The fourth-order valence-electron chi connectivity index (χ4n) is 3.05. The van der Waals surface area contributed by atoms with E-state index in [2.05, 4.69) is 10.4 Å². The highest BCUT2D eigenvalue weighted by molar-refractivity contribution is 5.94. The maximum Gasteiger partial charge on any atom is 0.311 e. The molecule has 0 saturated carbocycles. The van der Waals surface area contributed by atoms with E-state index < -0.39 is 11.4 Å². The maximum atomic E-state index is 12.5. The number of carboxylic acid groups (broad SMARTS) is 1. The van der Waals surface area contributed by atoms with Crippen molar-refractivity contribution in [2.75, 3.05) is 6.54 Å². The third kappa shape index (κ3) is 4.31. The predicted octanol–water partition coefficient (Wildman–Crippen LogP) is 3.17. The van der Waals surface area contributed by atoms with Crippen LogP contribution in [0.15, 0.2) is 30.3 Å². The zero-order valence-corrected chi connectivity index (χ0v) is 15.9. The molecule has 1 aromatic heterocycles. The third-order valence-corrected chi connectivity index (χ3v) is 5.02. The lowest BCUT2D eigenvalue weighted by atomic mass is 9.82. The van der Waals surface area contributed by atoms with E-state index in [4.69, 9.17) is 0 Å². The molecule has 6 heteroatoms. The first-order valence-electron chi connectivity index (χ1n) is 8.93. The van der Waals surface area contributed by atoms with Gasteiger partial charge in [-0.05, 0) is 50.5 Å². The molecule has 1 aromatic carbocycles. The zero-order chi connectivity index (χ0) is 19.3. The standard InChI is InChI=1S/C20H27N3O3/c1-5-20(6-2,19(25)26)13-21-18(24)17-9-7-8-16(11-17)12-23-15(4)10-14(3)22-23/h7-11H,5-6,12-13H2,1-4H3,(H,21,24)(H,25,26). The first-order valence-corrected chi connectivity index (χ1v) is 8.93. The molecule has 1 amide bonds. The van der Waals surface area contributed by atoms with Gasteiger partial charge in [0.25, 0.3) is 5.91 Å². The van der Waals surface area contributed by atoms with Gasteiger partial charge >= 0.3 is 5.97 Å². The van der Waals surface area contributed by atoms with E-state index in [1.165, 1.54) is 0 Å². The van der Waals surface area contributed by atoms with E-state index in [9.17, 15) is 14.7 Å². The van der Waals surface area contributed by atoms with Crippen molar-refractivity contribution in [3.63, 3.8) is 0 Å². The van der Waals surface area contributed by atoms with E-state index in [0.29, 0.717) is 24.9 Å². The molecule has 0 saturated heterocycles. The Morgan fingerprint density at radius 3 is 2.42 bits per heavy atom. The molecule has 0 unspecified atom stereocenters. The summed E-state index contributed by atoms with van der Waals surface area (Å²) in [5, 5.41) is 16.7. The molecule has 2 aromatic rings. The summed E-state index contributed by atoms with van der Waals surface area (Å²) in [6.07, 6.45) is 0.939. The van der Waals surface area contributed by atoms with Crippen LogP contribution in [0.1, 0.15) is 54.0 Å². The third-order valence-electron chi connectivity index (χ3n) is 5.02. The molecule has 0 spiro atoms. The number of hydrogen-bond acceptors (Lipinski definition) is 3. The van der Waals surface area contributed by atoms with Crippen LogP contribution in [-0.2, 0) is 11.3 Å². The van der Waals surface area contributed by atoms with Crippen LogP contribution in [-0.4, -0.2) is 33.3 Å². The molecule has 0 radical (unpaired) electrons. The van der Waals surface area contributed by atoms with Gasteiger partial charge in [-0.1, -0.05) is 26.0 Å². The van der Waals surface area contributed by atoms with Crippen LogP contribution >= 0.6 is 0 Å². The lowest BCUT2D eigenvalue weighted by Gasteiger charge is -2.26. The second-order valence-electron chi connectivity index (χ2n) is 6.76. The van der Waals surface area contributed by atoms with Crippen molar-refractivity contribution in [2.24, 2.45) is 5.41 Å². The Balaban J connectivity index is 2.10. The van der Waals surface area contributed by atoms with Crippen LogP contribution in [0.5, 0.6) is 0 Å². The van der Waals surface area contributed by atoms with Crippen LogP contribution in [0.3, 0.4) is 0 Å². The van der Waals surface area contributed by atoms with Gasteiger partial charge in [-0.15, -0.1) is 0 Å². The smallest absolute Gasteiger partial charge is 0.311 e. The predicted molar refractivity (Wildman–Crippen MR) is 100 cm³/mol. The fraction of sp³-hybridized carbons (Fsp3) is 0.450. The van der Waals surface area contributed by atoms with Gasteiger partial charge in [0.05, 0.1) is 17.7 Å². The number of nitrogens with zero attached hydrogens (tertiary/aromatic N) is 2. The van der Waals surface area contributed by atoms with Crippen LogP contribution in [0, 0.1) is 19.3 Å². The maximum absolute atomic E-state index is 12.5. The highest BCUT2D eigenvalue weighted by Crippen LogP contribution is 2.25. The molecule has 0 aliphatic carbocycles. The summed E-state index contributed by atoms with van der Waals surface area (Å²) >= 11 is 0. The number of aryl methyl sites for hydroxylation is 2. The number of carboxylic acids is 1. The first-order chi connectivity index (χ1) is 12.3. The van der Waals surface area contributed by atoms with E-state index >= 15 is 0 Å². The number of nitrogens with one attached hydrogen (secondary N) is 1. The second kappa shape index (κ2) is 8.17. The average molecular weight is 357 g/mol. The van der Waals surface area contributed by atoms with E-state index in [1.54, 1.807) is 6.07 Å². The van der Waals surface area contributed by atoms with Gasteiger partial charge in [-0.2, -0.15) is 5.10 Å². The fourth-order valence-corrected chi connectivity index (χ4v) is 3.05. The molecule has 0 aliphatic rings. The van der Waals surface area contributed by atoms with Crippen LogP contribution < -0.4 is 5.32 Å². The van der Waals surface area contributed by atoms with Gasteiger partial charge in [-0.25, -0.2) is 0 Å². The van der Waals surface area contributed by atoms with E-state index in [0.717, 1.165) is 17.0 Å². The quantitative estimate of drug-likeness (QED) is 0.760. The highest BCUT2D eigenvalue weighted by Gasteiger charge is 2.35. The van der Waals surface area contributed by atoms with Crippen molar-refractivity contribution in [1.82, 2.24) is 15.1 Å². The molecule has 2 N–H and O–H groups in total. The lowest BCUT2D eigenvalue weighted by Crippen LogP contribution is -2.42. The lowest BCUT2D eigenvalue weighted by molar-refractivity contribution is -0.149. The number of aliphatic carboxylic acids is 1. The van der Waals surface area contributed by atoms with Crippen LogP contribution in [0.4, 0.5) is 0 Å². The van der Waals surface area contributed by atoms with Crippen LogP contribution in [0.25, 0.3) is 0 Å². The second-order valence-corrected chi connectivity index (χ2v) is 6.76. The van der Waals surface area contributed by atoms with Crippen molar-refractivity contribution in [1.29, 1.82) is 0 Å². The Hall–Kier alpha value is -2.63. The zero-order valence-electron chi connectivity index (χ0n) is 15.9. The first kappa shape index (κ1) is 19.7. The van der Waals surface area contributed by atoms with E-state index in [-0.39, 0.29) is 12.5 Å². The number of aromatic nitrogens is 2. The van der Waals surface area contributed by atoms with Crippen molar-refractivity contribution in [2.45, 2.75) is 47.1 Å². The molecule has 1 heterocycles. The summed E-state index contributed by atoms with van der Waals surface area (Å²) < 4.78 is 1.90. The Morgan fingerprint density at radius 1 is 1.19 bits per heavy atom. The highest BCUT2D eigenvalue weighted by atomic mass is 16.4. The number of carbonyl (C=O) groups is 2. The Morgan fingerprint density at radius 2 is 1.88 bits per heavy atom. The SMILES string of the molecule is CCC(CC)(CNC(=O)c1cccc(Cn2nc(C)cc2C)c1)C(=O)O. The van der Waals surface area contributed by atoms with Gasteiger partial charge < -0.3 is 10.4 Å². The van der Waals surface area contributed by atoms with Gasteiger partial charge in [0.1, 0.15) is 0 Å². The van der Waals surface area contributed by atoms with Gasteiger partial charge in [0.15, 0.2) is 0 Å². The van der Waals surface area contributed by atoms with Crippen molar-refractivity contribution < 1.29 is 14.7 Å². The topological polar surface area (TPSA) is 84.2 Å². The minimum absolute atomic E-state index is 0.121. The molecule has 6 nitrogen and oxygen atoms in total. The Labute approximate surface area is 154 Å². The summed E-state index contributed by atoms with van der Waals surface area (Å²) in [6, 6.07) is 9.36. The summed E-state index contributed by atoms with van der Waals surface area (Å²) in [5.41, 5.74) is 2.60. The van der Waals surface area contributed by atoms with E-state index in [1.807, 2.05) is 56.6 Å². The molecule has 26 heavy (non-hydrogen) atoms. The molecule has 0 atom stereocenters. The van der Waals surface area contributed by atoms with Crippen molar-refractivity contribution >= 4 is 11.9 Å². The van der Waals surface area contributed by atoms with Gasteiger partial charge in [0, 0.05) is 17.8 Å². The van der Waals surface area contributed by atoms with Crippen molar-refractivity contribution in [3.8, 4) is 0 Å². The molecule has 140 valence electrons. The molecular weight excluding hydrogens is 330 g/mol. The minimum atomic E-state index is -0.920. The monoisotopic (exact) mass is 357 g/mol. The normalized spacial score (nSPS) is 11.4. The summed E-state index contributed by atoms with van der Waals surface area (Å²) in [5.74, 6) is -1.13. The van der Waals surface area contributed by atoms with Gasteiger partial charge in [0.2, 0.25) is 0 Å². The van der Waals surface area contributed by atoms with Gasteiger partial charge in [-0.3, -0.25) is 14.3 Å². The van der Waals surface area contributed by atoms with Crippen LogP contribution in [0.2, 0.25) is 0 Å².